The van der Waals surface area contributed by atoms with E-state index in [0.717, 1.165) is 24.4 Å². The maximum absolute atomic E-state index is 12.3. The van der Waals surface area contributed by atoms with Crippen molar-refractivity contribution in [2.75, 3.05) is 26.2 Å². The quantitative estimate of drug-likeness (QED) is 0.792. The Bertz CT molecular complexity index is 600. The molecular weight excluding hydrogens is 308 g/mol. The number of aromatic amines is 1. The van der Waals surface area contributed by atoms with Gasteiger partial charge in [-0.25, -0.2) is 0 Å². The van der Waals surface area contributed by atoms with Crippen molar-refractivity contribution in [3.8, 4) is 0 Å². The number of rotatable bonds is 6. The van der Waals surface area contributed by atoms with Gasteiger partial charge in [-0.2, -0.15) is 5.10 Å². The van der Waals surface area contributed by atoms with E-state index < -0.39 is 6.10 Å². The Balaban J connectivity index is 1.43. The topological polar surface area (TPSA) is 89.5 Å². The maximum Gasteiger partial charge on any atom is 0.222 e. The van der Waals surface area contributed by atoms with E-state index in [2.05, 4.69) is 10.2 Å². The van der Waals surface area contributed by atoms with E-state index in [9.17, 15) is 14.7 Å². The predicted octanol–water partition coefficient (Wildman–Crippen LogP) is 0.483. The lowest BCUT2D eigenvalue weighted by Crippen LogP contribution is -2.31. The third-order valence-corrected chi connectivity index (χ3v) is 4.98. The van der Waals surface area contributed by atoms with Crippen molar-refractivity contribution >= 4 is 11.8 Å². The molecule has 0 saturated carbocycles. The van der Waals surface area contributed by atoms with Crippen molar-refractivity contribution < 1.29 is 14.7 Å². The van der Waals surface area contributed by atoms with Gasteiger partial charge in [0.15, 0.2) is 0 Å². The minimum Gasteiger partial charge on any atom is -0.391 e. The molecule has 2 N–H and O–H groups in total. The van der Waals surface area contributed by atoms with Crippen LogP contribution in [0.1, 0.15) is 37.1 Å². The normalized spacial score (nSPS) is 24.2. The zero-order valence-electron chi connectivity index (χ0n) is 14.2. The van der Waals surface area contributed by atoms with E-state index in [0.29, 0.717) is 45.3 Å². The second-order valence-electron chi connectivity index (χ2n) is 6.96. The van der Waals surface area contributed by atoms with Crippen LogP contribution in [-0.4, -0.2) is 69.2 Å². The first-order valence-electron chi connectivity index (χ1n) is 8.77. The van der Waals surface area contributed by atoms with Crippen LogP contribution in [0, 0.1) is 12.8 Å². The summed E-state index contributed by atoms with van der Waals surface area (Å²) >= 11 is 0. The number of nitrogens with zero attached hydrogens (tertiary/aromatic N) is 3. The number of carbonyl (C=O) groups is 2. The summed E-state index contributed by atoms with van der Waals surface area (Å²) in [5, 5.41) is 17.3. The molecule has 3 heterocycles. The lowest BCUT2D eigenvalue weighted by atomic mass is 10.0. The second-order valence-corrected chi connectivity index (χ2v) is 6.96. The van der Waals surface area contributed by atoms with Gasteiger partial charge in [0.1, 0.15) is 0 Å². The van der Waals surface area contributed by atoms with Crippen LogP contribution in [0.5, 0.6) is 0 Å². The Labute approximate surface area is 142 Å². The van der Waals surface area contributed by atoms with Crippen LogP contribution < -0.4 is 0 Å². The Hall–Kier alpha value is -1.89. The molecule has 0 aliphatic carbocycles. The van der Waals surface area contributed by atoms with Crippen molar-refractivity contribution in [1.82, 2.24) is 20.0 Å². The number of carbonyl (C=O) groups excluding carboxylic acids is 2. The molecule has 0 unspecified atom stereocenters. The van der Waals surface area contributed by atoms with Crippen molar-refractivity contribution in [3.05, 3.63) is 17.5 Å². The van der Waals surface area contributed by atoms with Crippen molar-refractivity contribution in [3.63, 3.8) is 0 Å². The maximum atomic E-state index is 12.3. The predicted molar refractivity (Wildman–Crippen MR) is 88.2 cm³/mol. The molecule has 2 amide bonds. The summed E-state index contributed by atoms with van der Waals surface area (Å²) in [7, 11) is 0. The van der Waals surface area contributed by atoms with Crippen LogP contribution >= 0.6 is 0 Å². The van der Waals surface area contributed by atoms with E-state index in [-0.39, 0.29) is 17.7 Å². The zero-order valence-corrected chi connectivity index (χ0v) is 14.2. The first kappa shape index (κ1) is 17.0. The molecule has 3 rings (SSSR count). The van der Waals surface area contributed by atoms with Crippen LogP contribution in [-0.2, 0) is 16.0 Å². The number of amides is 2. The first-order valence-corrected chi connectivity index (χ1v) is 8.77. The summed E-state index contributed by atoms with van der Waals surface area (Å²) in [6.07, 6.45) is 2.88. The molecule has 7 heteroatoms. The van der Waals surface area contributed by atoms with E-state index >= 15 is 0 Å². The van der Waals surface area contributed by atoms with Gasteiger partial charge < -0.3 is 14.9 Å². The molecule has 24 heavy (non-hydrogen) atoms. The van der Waals surface area contributed by atoms with Gasteiger partial charge in [0.25, 0.3) is 0 Å². The molecule has 0 aromatic carbocycles. The second kappa shape index (κ2) is 7.34. The molecule has 0 bridgehead atoms. The van der Waals surface area contributed by atoms with Gasteiger partial charge >= 0.3 is 0 Å². The molecule has 0 spiro atoms. The first-order chi connectivity index (χ1) is 11.5. The number of aryl methyl sites for hydroxylation is 1. The monoisotopic (exact) mass is 334 g/mol. The molecule has 2 aliphatic heterocycles. The summed E-state index contributed by atoms with van der Waals surface area (Å²) in [6.45, 7) is 4.41. The van der Waals surface area contributed by atoms with E-state index in [1.165, 1.54) is 0 Å². The van der Waals surface area contributed by atoms with Crippen LogP contribution in [0.3, 0.4) is 0 Å². The van der Waals surface area contributed by atoms with Crippen LogP contribution in [0.2, 0.25) is 0 Å². The Morgan fingerprint density at radius 1 is 1.46 bits per heavy atom. The standard InChI is InChI=1S/C17H26N4O3/c1-12-8-14(19-18-12)9-13-10-21(11-15(13)22)17(24)5-3-7-20-6-2-4-16(20)23/h8,13,15,22H,2-7,9-11H2,1H3,(H,18,19)/t13-,15-/m1/s1. The van der Waals surface area contributed by atoms with Crippen LogP contribution in [0.15, 0.2) is 6.07 Å². The smallest absolute Gasteiger partial charge is 0.222 e. The number of hydrogen-bond acceptors (Lipinski definition) is 4. The number of likely N-dealkylation sites (tertiary alicyclic amines) is 2. The lowest BCUT2D eigenvalue weighted by molar-refractivity contribution is -0.132. The van der Waals surface area contributed by atoms with Crippen LogP contribution in [0.4, 0.5) is 0 Å². The summed E-state index contributed by atoms with van der Waals surface area (Å²) in [5.41, 5.74) is 1.93. The van der Waals surface area contributed by atoms with Gasteiger partial charge in [-0.3, -0.25) is 14.7 Å². The van der Waals surface area contributed by atoms with E-state index in [4.69, 9.17) is 0 Å². The summed E-state index contributed by atoms with van der Waals surface area (Å²) < 4.78 is 0. The fourth-order valence-corrected chi connectivity index (χ4v) is 3.63. The molecule has 1 aromatic heterocycles. The van der Waals surface area contributed by atoms with E-state index in [1.807, 2.05) is 17.9 Å². The van der Waals surface area contributed by atoms with Gasteiger partial charge in [0.05, 0.1) is 11.8 Å². The van der Waals surface area contributed by atoms with Gasteiger partial charge in [0.2, 0.25) is 11.8 Å². The van der Waals surface area contributed by atoms with Crippen LogP contribution in [0.25, 0.3) is 0 Å². The number of β-amino-alcohol motifs (C(OH)–C–C–N with tert-alkyl or cyclic N) is 1. The number of aliphatic hydroxyl groups excluding tert-OH is 1. The lowest BCUT2D eigenvalue weighted by Gasteiger charge is -2.18. The molecule has 7 nitrogen and oxygen atoms in total. The van der Waals surface area contributed by atoms with Gasteiger partial charge in [-0.15, -0.1) is 0 Å². The average molecular weight is 334 g/mol. The van der Waals surface area contributed by atoms with E-state index in [1.54, 1.807) is 4.90 Å². The Morgan fingerprint density at radius 3 is 2.96 bits per heavy atom. The number of aromatic nitrogens is 2. The minimum absolute atomic E-state index is 0.0387. The fourth-order valence-electron chi connectivity index (χ4n) is 3.63. The third-order valence-electron chi connectivity index (χ3n) is 4.98. The molecular formula is C17H26N4O3. The SMILES string of the molecule is Cc1cc(C[C@@H]2CN(C(=O)CCCN3CCCC3=O)C[C@H]2O)n[nH]1. The number of hydrogen-bond donors (Lipinski definition) is 2. The molecule has 0 radical (unpaired) electrons. The molecule has 2 aliphatic rings. The van der Waals surface area contributed by atoms with Crippen molar-refractivity contribution in [2.24, 2.45) is 5.92 Å². The fraction of sp³-hybridized carbons (Fsp3) is 0.706. The molecule has 2 fully saturated rings. The zero-order chi connectivity index (χ0) is 17.1. The van der Waals surface area contributed by atoms with Gasteiger partial charge in [-0.05, 0) is 32.3 Å². The Kier molecular flexibility index (Phi) is 5.18. The Morgan fingerprint density at radius 2 is 2.29 bits per heavy atom. The van der Waals surface area contributed by atoms with Gasteiger partial charge in [0, 0.05) is 50.6 Å². The third kappa shape index (κ3) is 3.95. The van der Waals surface area contributed by atoms with Crippen molar-refractivity contribution in [1.29, 1.82) is 0 Å². The molecule has 2 saturated heterocycles. The number of nitrogens with one attached hydrogen (secondary N) is 1. The highest BCUT2D eigenvalue weighted by Gasteiger charge is 2.34. The average Bonchev–Trinajstić information content (AvgIpc) is 3.23. The van der Waals surface area contributed by atoms with Crippen molar-refractivity contribution in [2.45, 2.75) is 45.1 Å². The highest BCUT2D eigenvalue weighted by atomic mass is 16.3. The largest absolute Gasteiger partial charge is 0.391 e. The number of H-pyrrole nitrogens is 1. The summed E-state index contributed by atoms with van der Waals surface area (Å²) in [4.78, 5) is 27.5. The van der Waals surface area contributed by atoms with Gasteiger partial charge in [-0.1, -0.05) is 0 Å². The molecule has 132 valence electrons. The molecule has 1 aromatic rings. The summed E-state index contributed by atoms with van der Waals surface area (Å²) in [5.74, 6) is 0.312. The highest BCUT2D eigenvalue weighted by Crippen LogP contribution is 2.22. The number of aliphatic hydroxyl groups is 1. The summed E-state index contributed by atoms with van der Waals surface area (Å²) in [6, 6.07) is 1.98. The molecule has 2 atom stereocenters. The minimum atomic E-state index is -0.494. The highest BCUT2D eigenvalue weighted by molar-refractivity contribution is 5.78.